The molecule has 0 aliphatic carbocycles. The van der Waals surface area contributed by atoms with Crippen LogP contribution in [0.3, 0.4) is 0 Å². The van der Waals surface area contributed by atoms with Crippen molar-refractivity contribution in [1.29, 1.82) is 0 Å². The van der Waals surface area contributed by atoms with E-state index in [0.29, 0.717) is 12.1 Å². The Balaban J connectivity index is 2.17. The number of nitrogens with zero attached hydrogens (tertiary/aromatic N) is 1. The first-order valence-electron chi connectivity index (χ1n) is 8.31. The van der Waals surface area contributed by atoms with E-state index < -0.39 is 0 Å². The predicted octanol–water partition coefficient (Wildman–Crippen LogP) is 4.09. The maximum atomic E-state index is 11.9. The molecule has 0 radical (unpaired) electrons. The van der Waals surface area contributed by atoms with Gasteiger partial charge in [-0.1, -0.05) is 39.0 Å². The molecule has 2 N–H and O–H groups in total. The molecule has 1 aromatic carbocycles. The topological polar surface area (TPSA) is 54.0 Å². The van der Waals surface area contributed by atoms with Crippen molar-refractivity contribution >= 4 is 17.4 Å². The molecule has 1 aromatic heterocycles. The molecule has 2 aromatic rings. The molecule has 4 heteroatoms. The lowest BCUT2D eigenvalue weighted by molar-refractivity contribution is 0.0953. The van der Waals surface area contributed by atoms with Gasteiger partial charge < -0.3 is 10.6 Å². The molecule has 0 saturated heterocycles. The van der Waals surface area contributed by atoms with Gasteiger partial charge in [0, 0.05) is 18.4 Å². The number of para-hydroxylation sites is 1. The van der Waals surface area contributed by atoms with Gasteiger partial charge in [0.1, 0.15) is 5.82 Å². The summed E-state index contributed by atoms with van der Waals surface area (Å²) in [4.78, 5) is 16.3. The summed E-state index contributed by atoms with van der Waals surface area (Å²) < 4.78 is 0. The second-order valence-corrected chi connectivity index (χ2v) is 5.47. The Labute approximate surface area is 138 Å². The molecule has 0 atom stereocenters. The number of amides is 1. The van der Waals surface area contributed by atoms with Crippen molar-refractivity contribution in [2.45, 2.75) is 40.0 Å². The van der Waals surface area contributed by atoms with Crippen LogP contribution in [0.4, 0.5) is 11.5 Å². The summed E-state index contributed by atoms with van der Waals surface area (Å²) in [6.07, 6.45) is 4.47. The summed E-state index contributed by atoms with van der Waals surface area (Å²) >= 11 is 0. The molecule has 1 amide bonds. The molecule has 0 unspecified atom stereocenters. The van der Waals surface area contributed by atoms with Crippen molar-refractivity contribution in [2.75, 3.05) is 11.9 Å². The van der Waals surface area contributed by atoms with E-state index >= 15 is 0 Å². The van der Waals surface area contributed by atoms with Gasteiger partial charge in [-0.25, -0.2) is 4.98 Å². The highest BCUT2D eigenvalue weighted by Crippen LogP contribution is 2.25. The van der Waals surface area contributed by atoms with E-state index in [1.807, 2.05) is 13.0 Å². The van der Waals surface area contributed by atoms with Gasteiger partial charge in [-0.05, 0) is 42.5 Å². The largest absolute Gasteiger partial charge is 0.352 e. The van der Waals surface area contributed by atoms with Gasteiger partial charge in [-0.15, -0.1) is 0 Å². The average molecular weight is 311 g/mol. The minimum Gasteiger partial charge on any atom is -0.352 e. The number of rotatable bonds is 7. The van der Waals surface area contributed by atoms with Crippen LogP contribution in [-0.2, 0) is 12.8 Å². The minimum absolute atomic E-state index is 0.0749. The highest BCUT2D eigenvalue weighted by atomic mass is 16.1. The number of pyridine rings is 1. The van der Waals surface area contributed by atoms with Gasteiger partial charge in [0.15, 0.2) is 0 Å². The van der Waals surface area contributed by atoms with Crippen LogP contribution in [-0.4, -0.2) is 17.4 Å². The third kappa shape index (κ3) is 4.31. The van der Waals surface area contributed by atoms with E-state index in [2.05, 4.69) is 47.7 Å². The number of hydrogen-bond acceptors (Lipinski definition) is 3. The van der Waals surface area contributed by atoms with Gasteiger partial charge in [0.2, 0.25) is 0 Å². The summed E-state index contributed by atoms with van der Waals surface area (Å²) in [5.41, 5.74) is 4.27. The Hall–Kier alpha value is -2.36. The van der Waals surface area contributed by atoms with Crippen LogP contribution in [0.25, 0.3) is 0 Å². The van der Waals surface area contributed by atoms with Gasteiger partial charge >= 0.3 is 0 Å². The molecule has 0 saturated carbocycles. The second-order valence-electron chi connectivity index (χ2n) is 5.47. The number of aryl methyl sites for hydroxylation is 2. The van der Waals surface area contributed by atoms with Gasteiger partial charge in [0.05, 0.1) is 5.56 Å². The lowest BCUT2D eigenvalue weighted by Crippen LogP contribution is -2.24. The zero-order chi connectivity index (χ0) is 16.7. The molecule has 0 aliphatic heterocycles. The number of hydrogen-bond donors (Lipinski definition) is 2. The van der Waals surface area contributed by atoms with E-state index in [1.165, 1.54) is 11.1 Å². The van der Waals surface area contributed by atoms with Gasteiger partial charge in [-0.3, -0.25) is 4.79 Å². The maximum absolute atomic E-state index is 11.9. The minimum atomic E-state index is -0.0749. The van der Waals surface area contributed by atoms with Crippen LogP contribution >= 0.6 is 0 Å². The van der Waals surface area contributed by atoms with Crippen molar-refractivity contribution in [2.24, 2.45) is 0 Å². The van der Waals surface area contributed by atoms with Crippen LogP contribution in [0.15, 0.2) is 36.5 Å². The molecule has 2 rings (SSSR count). The maximum Gasteiger partial charge on any atom is 0.252 e. The number of carbonyl (C=O) groups excluding carboxylic acids is 1. The molecule has 0 spiro atoms. The first-order chi connectivity index (χ1) is 11.2. The third-order valence-electron chi connectivity index (χ3n) is 3.81. The first-order valence-corrected chi connectivity index (χ1v) is 8.31. The number of anilines is 2. The zero-order valence-corrected chi connectivity index (χ0v) is 14.1. The van der Waals surface area contributed by atoms with Crippen LogP contribution in [0.2, 0.25) is 0 Å². The average Bonchev–Trinajstić information content (AvgIpc) is 2.60. The van der Waals surface area contributed by atoms with Crippen molar-refractivity contribution in [1.82, 2.24) is 10.3 Å². The Morgan fingerprint density at radius 1 is 1.04 bits per heavy atom. The smallest absolute Gasteiger partial charge is 0.252 e. The number of aromatic nitrogens is 1. The Kier molecular flexibility index (Phi) is 6.15. The summed E-state index contributed by atoms with van der Waals surface area (Å²) in [6.45, 7) is 7.01. The zero-order valence-electron chi connectivity index (χ0n) is 14.1. The monoisotopic (exact) mass is 311 g/mol. The summed E-state index contributed by atoms with van der Waals surface area (Å²) in [5, 5.41) is 6.26. The van der Waals surface area contributed by atoms with E-state index in [4.69, 9.17) is 0 Å². The summed E-state index contributed by atoms with van der Waals surface area (Å²) in [5.74, 6) is 0.682. The number of carbonyl (C=O) groups is 1. The molecule has 4 nitrogen and oxygen atoms in total. The Morgan fingerprint density at radius 3 is 2.26 bits per heavy atom. The second kappa shape index (κ2) is 8.32. The molecule has 0 fully saturated rings. The van der Waals surface area contributed by atoms with Crippen molar-refractivity contribution in [3.05, 3.63) is 53.2 Å². The van der Waals surface area contributed by atoms with Crippen molar-refractivity contribution < 1.29 is 4.79 Å². The lowest BCUT2D eigenvalue weighted by atomic mass is 10.0. The van der Waals surface area contributed by atoms with Crippen LogP contribution in [0.5, 0.6) is 0 Å². The first kappa shape index (κ1) is 17.0. The van der Waals surface area contributed by atoms with Gasteiger partial charge in [-0.2, -0.15) is 0 Å². The van der Waals surface area contributed by atoms with Crippen LogP contribution in [0, 0.1) is 0 Å². The highest BCUT2D eigenvalue weighted by Gasteiger charge is 2.09. The molecular formula is C19H25N3O. The van der Waals surface area contributed by atoms with Crippen LogP contribution < -0.4 is 10.6 Å². The molecule has 1 heterocycles. The van der Waals surface area contributed by atoms with Crippen LogP contribution in [0.1, 0.15) is 48.7 Å². The van der Waals surface area contributed by atoms with E-state index in [0.717, 1.165) is 30.8 Å². The van der Waals surface area contributed by atoms with Crippen molar-refractivity contribution in [3.8, 4) is 0 Å². The summed E-state index contributed by atoms with van der Waals surface area (Å²) in [7, 11) is 0. The van der Waals surface area contributed by atoms with E-state index in [1.54, 1.807) is 12.3 Å². The number of nitrogens with one attached hydrogen (secondary N) is 2. The fraction of sp³-hybridized carbons (Fsp3) is 0.368. The Bertz CT molecular complexity index is 628. The standard InChI is InChI=1S/C19H25N3O/c1-4-12-20-19(23)16-10-11-17(21-13-16)22-18-14(5-2)8-7-9-15(18)6-3/h7-11,13H,4-6,12H2,1-3H3,(H,20,23)(H,21,22). The van der Waals surface area contributed by atoms with E-state index in [-0.39, 0.29) is 5.91 Å². The fourth-order valence-corrected chi connectivity index (χ4v) is 2.47. The SMILES string of the molecule is CCCNC(=O)c1ccc(Nc2c(CC)cccc2CC)nc1. The third-order valence-corrected chi connectivity index (χ3v) is 3.81. The quantitative estimate of drug-likeness (QED) is 0.810. The Morgan fingerprint density at radius 2 is 1.74 bits per heavy atom. The molecule has 0 aliphatic rings. The normalized spacial score (nSPS) is 10.4. The molecule has 0 bridgehead atoms. The lowest BCUT2D eigenvalue weighted by Gasteiger charge is -2.15. The fourth-order valence-electron chi connectivity index (χ4n) is 2.47. The van der Waals surface area contributed by atoms with Crippen molar-refractivity contribution in [3.63, 3.8) is 0 Å². The predicted molar refractivity (Wildman–Crippen MR) is 95.3 cm³/mol. The molecule has 122 valence electrons. The van der Waals surface area contributed by atoms with Gasteiger partial charge in [0.25, 0.3) is 5.91 Å². The number of benzene rings is 1. The molecular weight excluding hydrogens is 286 g/mol. The van der Waals surface area contributed by atoms with E-state index in [9.17, 15) is 4.79 Å². The highest BCUT2D eigenvalue weighted by molar-refractivity contribution is 5.94. The summed E-state index contributed by atoms with van der Waals surface area (Å²) in [6, 6.07) is 10.0. The molecule has 23 heavy (non-hydrogen) atoms.